The van der Waals surface area contributed by atoms with Gasteiger partial charge in [-0.15, -0.1) is 0 Å². The summed E-state index contributed by atoms with van der Waals surface area (Å²) in [6.45, 7) is 4.00. The number of hydrogen-bond acceptors (Lipinski definition) is 5. The van der Waals surface area contributed by atoms with Crippen LogP contribution in [0.2, 0.25) is 5.15 Å². The summed E-state index contributed by atoms with van der Waals surface area (Å²) < 4.78 is 29.6. The number of methoxy groups -OCH3 is 1. The minimum Gasteiger partial charge on any atom is -0.481 e. The van der Waals surface area contributed by atoms with Gasteiger partial charge in [0.2, 0.25) is 11.7 Å². The molecule has 1 N–H and O–H groups in total. The molecule has 0 saturated heterocycles. The predicted molar refractivity (Wildman–Crippen MR) is 82.1 cm³/mol. The van der Waals surface area contributed by atoms with E-state index in [0.717, 1.165) is 12.3 Å². The first-order valence-electron chi connectivity index (χ1n) is 6.63. The predicted octanol–water partition coefficient (Wildman–Crippen LogP) is 3.75. The standard InChI is InChI=1S/C12H9ClF2N4O2.C2H6/c1-21-9-4-8(13)18-11(19-9)12(20)17-6-2-3-7(10(14)15)16-5-6;1-2/h2-5,10H,1H3,(H,17,20);1-2H3. The second kappa shape index (κ2) is 8.94. The zero-order chi connectivity index (χ0) is 17.4. The summed E-state index contributed by atoms with van der Waals surface area (Å²) in [5.74, 6) is -0.744. The van der Waals surface area contributed by atoms with Gasteiger partial charge in [-0.2, -0.15) is 4.98 Å². The molecule has 0 aliphatic rings. The molecular formula is C14H15ClF2N4O2. The van der Waals surface area contributed by atoms with E-state index in [-0.39, 0.29) is 28.2 Å². The summed E-state index contributed by atoms with van der Waals surface area (Å²) in [6.07, 6.45) is -1.56. The minimum absolute atomic E-state index is 0.0400. The summed E-state index contributed by atoms with van der Waals surface area (Å²) >= 11 is 5.72. The number of nitrogens with one attached hydrogen (secondary N) is 1. The number of amides is 1. The lowest BCUT2D eigenvalue weighted by molar-refractivity contribution is 0.101. The zero-order valence-electron chi connectivity index (χ0n) is 12.7. The van der Waals surface area contributed by atoms with Gasteiger partial charge >= 0.3 is 0 Å². The summed E-state index contributed by atoms with van der Waals surface area (Å²) in [5.41, 5.74) is -0.152. The maximum Gasteiger partial charge on any atom is 0.293 e. The van der Waals surface area contributed by atoms with Crippen molar-refractivity contribution in [2.75, 3.05) is 12.4 Å². The van der Waals surface area contributed by atoms with Crippen molar-refractivity contribution >= 4 is 23.2 Å². The Kier molecular flexibility index (Phi) is 7.27. The Labute approximate surface area is 136 Å². The lowest BCUT2D eigenvalue weighted by Gasteiger charge is -2.06. The fourth-order valence-electron chi connectivity index (χ4n) is 1.40. The maximum absolute atomic E-state index is 12.4. The molecular weight excluding hydrogens is 330 g/mol. The molecule has 0 radical (unpaired) electrons. The molecule has 23 heavy (non-hydrogen) atoms. The molecule has 0 atom stereocenters. The van der Waals surface area contributed by atoms with E-state index in [9.17, 15) is 13.6 Å². The van der Waals surface area contributed by atoms with Crippen LogP contribution in [0.25, 0.3) is 0 Å². The molecule has 124 valence electrons. The average Bonchev–Trinajstić information content (AvgIpc) is 2.56. The van der Waals surface area contributed by atoms with E-state index in [1.54, 1.807) is 0 Å². The van der Waals surface area contributed by atoms with Crippen LogP contribution in [0.5, 0.6) is 5.88 Å². The van der Waals surface area contributed by atoms with Crippen molar-refractivity contribution in [2.24, 2.45) is 0 Å². The number of nitrogens with zero attached hydrogens (tertiary/aromatic N) is 3. The number of aromatic nitrogens is 3. The van der Waals surface area contributed by atoms with E-state index in [1.807, 2.05) is 13.8 Å². The van der Waals surface area contributed by atoms with Gasteiger partial charge in [0.25, 0.3) is 12.3 Å². The molecule has 0 bridgehead atoms. The lowest BCUT2D eigenvalue weighted by Crippen LogP contribution is -2.16. The number of alkyl halides is 2. The Morgan fingerprint density at radius 3 is 2.52 bits per heavy atom. The number of halogens is 3. The normalized spacial score (nSPS) is 9.87. The number of pyridine rings is 1. The van der Waals surface area contributed by atoms with Crippen LogP contribution in [0, 0.1) is 0 Å². The largest absolute Gasteiger partial charge is 0.481 e. The molecule has 1 amide bonds. The monoisotopic (exact) mass is 344 g/mol. The molecule has 0 unspecified atom stereocenters. The summed E-state index contributed by atoms with van der Waals surface area (Å²) in [7, 11) is 1.37. The molecule has 0 saturated carbocycles. The number of carbonyl (C=O) groups is 1. The zero-order valence-corrected chi connectivity index (χ0v) is 13.4. The van der Waals surface area contributed by atoms with Gasteiger partial charge in [-0.1, -0.05) is 25.4 Å². The smallest absolute Gasteiger partial charge is 0.293 e. The first-order chi connectivity index (χ1) is 11.0. The van der Waals surface area contributed by atoms with E-state index >= 15 is 0 Å². The van der Waals surface area contributed by atoms with Gasteiger partial charge in [0.1, 0.15) is 10.8 Å². The van der Waals surface area contributed by atoms with Gasteiger partial charge in [0, 0.05) is 6.07 Å². The molecule has 6 nitrogen and oxygen atoms in total. The highest BCUT2D eigenvalue weighted by atomic mass is 35.5. The number of hydrogen-bond donors (Lipinski definition) is 1. The third-order valence-corrected chi connectivity index (χ3v) is 2.55. The Balaban J connectivity index is 0.00000127. The van der Waals surface area contributed by atoms with Crippen LogP contribution in [0.3, 0.4) is 0 Å². The molecule has 2 aromatic heterocycles. The number of anilines is 1. The van der Waals surface area contributed by atoms with Crippen molar-refractivity contribution in [3.05, 3.63) is 41.1 Å². The van der Waals surface area contributed by atoms with Gasteiger partial charge in [0.05, 0.1) is 19.0 Å². The van der Waals surface area contributed by atoms with Crippen molar-refractivity contribution in [3.8, 4) is 5.88 Å². The topological polar surface area (TPSA) is 77.0 Å². The van der Waals surface area contributed by atoms with Crippen LogP contribution in [0.1, 0.15) is 36.6 Å². The molecule has 2 aromatic rings. The second-order valence-electron chi connectivity index (χ2n) is 3.78. The van der Waals surface area contributed by atoms with Crippen LogP contribution in [0.15, 0.2) is 24.4 Å². The van der Waals surface area contributed by atoms with E-state index in [2.05, 4.69) is 20.3 Å². The van der Waals surface area contributed by atoms with Crippen LogP contribution in [-0.4, -0.2) is 28.0 Å². The fourth-order valence-corrected chi connectivity index (χ4v) is 1.57. The number of ether oxygens (including phenoxy) is 1. The molecule has 0 aliphatic heterocycles. The molecule has 0 spiro atoms. The summed E-state index contributed by atoms with van der Waals surface area (Å²) in [5, 5.41) is 2.46. The van der Waals surface area contributed by atoms with E-state index in [0.29, 0.717) is 0 Å². The van der Waals surface area contributed by atoms with Crippen molar-refractivity contribution in [1.82, 2.24) is 15.0 Å². The lowest BCUT2D eigenvalue weighted by atomic mass is 10.3. The second-order valence-corrected chi connectivity index (χ2v) is 4.17. The Hall–Kier alpha value is -2.35. The molecule has 9 heteroatoms. The molecule has 2 heterocycles. The third kappa shape index (κ3) is 5.41. The van der Waals surface area contributed by atoms with Crippen LogP contribution >= 0.6 is 11.6 Å². The summed E-state index contributed by atoms with van der Waals surface area (Å²) in [4.78, 5) is 23.0. The van der Waals surface area contributed by atoms with Crippen molar-refractivity contribution in [3.63, 3.8) is 0 Å². The van der Waals surface area contributed by atoms with Gasteiger partial charge in [-0.3, -0.25) is 9.78 Å². The van der Waals surface area contributed by atoms with Gasteiger partial charge in [0.15, 0.2) is 0 Å². The van der Waals surface area contributed by atoms with Gasteiger partial charge in [-0.25, -0.2) is 13.8 Å². The quantitative estimate of drug-likeness (QED) is 0.855. The molecule has 0 aliphatic carbocycles. The van der Waals surface area contributed by atoms with E-state index in [1.165, 1.54) is 19.2 Å². The first kappa shape index (κ1) is 18.7. The van der Waals surface area contributed by atoms with E-state index < -0.39 is 12.3 Å². The Morgan fingerprint density at radius 2 is 2.00 bits per heavy atom. The van der Waals surface area contributed by atoms with Crippen molar-refractivity contribution < 1.29 is 18.3 Å². The van der Waals surface area contributed by atoms with Gasteiger partial charge in [-0.05, 0) is 12.1 Å². The van der Waals surface area contributed by atoms with Crippen LogP contribution in [0.4, 0.5) is 14.5 Å². The van der Waals surface area contributed by atoms with Crippen molar-refractivity contribution in [2.45, 2.75) is 20.3 Å². The highest BCUT2D eigenvalue weighted by Gasteiger charge is 2.14. The summed E-state index contributed by atoms with van der Waals surface area (Å²) in [6, 6.07) is 3.76. The van der Waals surface area contributed by atoms with Crippen LogP contribution < -0.4 is 10.1 Å². The SMILES string of the molecule is CC.COc1cc(Cl)nc(C(=O)Nc2ccc(C(F)F)nc2)n1. The molecule has 0 aromatic carbocycles. The highest BCUT2D eigenvalue weighted by Crippen LogP contribution is 2.18. The minimum atomic E-state index is -2.67. The highest BCUT2D eigenvalue weighted by molar-refractivity contribution is 6.29. The van der Waals surface area contributed by atoms with E-state index in [4.69, 9.17) is 16.3 Å². The molecule has 2 rings (SSSR count). The van der Waals surface area contributed by atoms with Gasteiger partial charge < -0.3 is 10.1 Å². The van der Waals surface area contributed by atoms with Crippen molar-refractivity contribution in [1.29, 1.82) is 0 Å². The average molecular weight is 345 g/mol. The Morgan fingerprint density at radius 1 is 1.30 bits per heavy atom. The molecule has 0 fully saturated rings. The third-order valence-electron chi connectivity index (χ3n) is 2.35. The number of carbonyl (C=O) groups excluding carboxylic acids is 1. The first-order valence-corrected chi connectivity index (χ1v) is 7.01. The van der Waals surface area contributed by atoms with Crippen LogP contribution in [-0.2, 0) is 0 Å². The maximum atomic E-state index is 12.4. The fraction of sp³-hybridized carbons (Fsp3) is 0.286. The Bertz CT molecular complexity index is 654. The number of rotatable bonds is 4.